The lowest BCUT2D eigenvalue weighted by Gasteiger charge is -2.17. The summed E-state index contributed by atoms with van der Waals surface area (Å²) in [5, 5.41) is 0.955. The molecule has 0 heterocycles. The van der Waals surface area contributed by atoms with E-state index in [-0.39, 0.29) is 5.82 Å². The van der Waals surface area contributed by atoms with Crippen molar-refractivity contribution < 1.29 is 4.39 Å². The first kappa shape index (κ1) is 11.5. The Bertz CT molecular complexity index is 299. The van der Waals surface area contributed by atoms with Gasteiger partial charge in [0.25, 0.3) is 0 Å². The first-order valence-corrected chi connectivity index (χ1v) is 5.79. The lowest BCUT2D eigenvalue weighted by atomic mass is 10.1. The highest BCUT2D eigenvalue weighted by atomic mass is 79.9. The Morgan fingerprint density at radius 2 is 2.07 bits per heavy atom. The molecule has 0 bridgehead atoms. The van der Waals surface area contributed by atoms with Crippen LogP contribution in [0.3, 0.4) is 0 Å². The van der Waals surface area contributed by atoms with Gasteiger partial charge in [-0.25, -0.2) is 4.39 Å². The minimum absolute atomic E-state index is 0.153. The van der Waals surface area contributed by atoms with E-state index in [1.807, 2.05) is 25.1 Å². The maximum atomic E-state index is 13.0. The molecule has 0 aromatic heterocycles. The molecule has 0 fully saturated rings. The van der Waals surface area contributed by atoms with Gasteiger partial charge >= 0.3 is 0 Å². The molecule has 0 aliphatic carbocycles. The number of anilines is 1. The third-order valence-electron chi connectivity index (χ3n) is 2.10. The van der Waals surface area contributed by atoms with Crippen molar-refractivity contribution in [2.75, 3.05) is 24.3 Å². The summed E-state index contributed by atoms with van der Waals surface area (Å²) in [5.41, 5.74) is 2.18. The van der Waals surface area contributed by atoms with Gasteiger partial charge in [0.2, 0.25) is 0 Å². The highest BCUT2D eigenvalue weighted by molar-refractivity contribution is 9.09. The van der Waals surface area contributed by atoms with E-state index in [1.165, 1.54) is 6.07 Å². The fraction of sp³-hybridized carbons (Fsp3) is 0.455. The van der Waals surface area contributed by atoms with Crippen LogP contribution in [0.5, 0.6) is 0 Å². The molecule has 0 saturated heterocycles. The zero-order valence-corrected chi connectivity index (χ0v) is 10.1. The molecule has 1 rings (SSSR count). The maximum absolute atomic E-state index is 13.0. The zero-order chi connectivity index (χ0) is 10.6. The number of benzene rings is 1. The molecule has 1 aromatic carbocycles. The zero-order valence-electron chi connectivity index (χ0n) is 8.56. The molecular weight excluding hydrogens is 245 g/mol. The van der Waals surface area contributed by atoms with Gasteiger partial charge in [-0.05, 0) is 36.6 Å². The average molecular weight is 260 g/mol. The predicted octanol–water partition coefficient (Wildman–Crippen LogP) is 3.22. The van der Waals surface area contributed by atoms with Crippen molar-refractivity contribution in [1.29, 1.82) is 0 Å². The molecule has 1 nitrogen and oxygen atoms in total. The van der Waals surface area contributed by atoms with E-state index >= 15 is 0 Å². The van der Waals surface area contributed by atoms with Crippen LogP contribution in [0, 0.1) is 5.82 Å². The van der Waals surface area contributed by atoms with Crippen LogP contribution in [-0.2, 0) is 6.42 Å². The smallest absolute Gasteiger partial charge is 0.123 e. The second-order valence-corrected chi connectivity index (χ2v) is 4.25. The second-order valence-electron chi connectivity index (χ2n) is 3.46. The van der Waals surface area contributed by atoms with Gasteiger partial charge < -0.3 is 4.90 Å². The van der Waals surface area contributed by atoms with Gasteiger partial charge in [-0.3, -0.25) is 0 Å². The van der Waals surface area contributed by atoms with Crippen LogP contribution >= 0.6 is 15.9 Å². The summed E-state index contributed by atoms with van der Waals surface area (Å²) < 4.78 is 13.0. The molecule has 0 spiro atoms. The fourth-order valence-electron chi connectivity index (χ4n) is 1.45. The van der Waals surface area contributed by atoms with Gasteiger partial charge in [0, 0.05) is 25.1 Å². The molecule has 14 heavy (non-hydrogen) atoms. The normalized spacial score (nSPS) is 10.3. The molecule has 0 N–H and O–H groups in total. The molecule has 0 unspecified atom stereocenters. The number of nitrogens with zero attached hydrogens (tertiary/aromatic N) is 1. The molecule has 3 heteroatoms. The summed E-state index contributed by atoms with van der Waals surface area (Å²) in [7, 11) is 3.95. The lowest BCUT2D eigenvalue weighted by molar-refractivity contribution is 0.625. The Labute approximate surface area is 93.0 Å². The summed E-state index contributed by atoms with van der Waals surface area (Å²) in [5.74, 6) is -0.153. The third kappa shape index (κ3) is 2.98. The first-order valence-electron chi connectivity index (χ1n) is 4.67. The number of aryl methyl sites for hydroxylation is 1. The Morgan fingerprint density at radius 3 is 2.64 bits per heavy atom. The van der Waals surface area contributed by atoms with Crippen molar-refractivity contribution in [3.8, 4) is 0 Å². The van der Waals surface area contributed by atoms with Crippen LogP contribution < -0.4 is 4.90 Å². The van der Waals surface area contributed by atoms with Crippen LogP contribution in [-0.4, -0.2) is 19.4 Å². The minimum atomic E-state index is -0.153. The minimum Gasteiger partial charge on any atom is -0.377 e. The lowest BCUT2D eigenvalue weighted by Crippen LogP contribution is -2.11. The highest BCUT2D eigenvalue weighted by Gasteiger charge is 2.05. The third-order valence-corrected chi connectivity index (χ3v) is 2.66. The van der Waals surface area contributed by atoms with Crippen LogP contribution in [0.1, 0.15) is 12.0 Å². The van der Waals surface area contributed by atoms with Gasteiger partial charge in [0.1, 0.15) is 5.82 Å². The standard InChI is InChI=1S/C11H15BrFN/c1-14(2)11-6-5-10(13)8-9(11)4-3-7-12/h5-6,8H,3-4,7H2,1-2H3. The molecule has 0 aliphatic rings. The quantitative estimate of drug-likeness (QED) is 0.751. The van der Waals surface area contributed by atoms with E-state index in [4.69, 9.17) is 0 Å². The summed E-state index contributed by atoms with van der Waals surface area (Å²) in [6, 6.07) is 4.96. The van der Waals surface area contributed by atoms with Crippen molar-refractivity contribution in [1.82, 2.24) is 0 Å². The van der Waals surface area contributed by atoms with E-state index in [0.717, 1.165) is 29.4 Å². The van der Waals surface area contributed by atoms with Gasteiger partial charge in [-0.1, -0.05) is 15.9 Å². The van der Waals surface area contributed by atoms with Crippen LogP contribution in [0.15, 0.2) is 18.2 Å². The van der Waals surface area contributed by atoms with Gasteiger partial charge in [0.15, 0.2) is 0 Å². The molecule has 0 radical (unpaired) electrons. The molecule has 0 atom stereocenters. The first-order chi connectivity index (χ1) is 6.65. The molecule has 78 valence electrons. The number of hydrogen-bond donors (Lipinski definition) is 0. The topological polar surface area (TPSA) is 3.24 Å². The van der Waals surface area contributed by atoms with E-state index in [9.17, 15) is 4.39 Å². The fourth-order valence-corrected chi connectivity index (χ4v) is 1.73. The number of alkyl halides is 1. The Balaban J connectivity index is 2.91. The summed E-state index contributed by atoms with van der Waals surface area (Å²) in [6.45, 7) is 0. The summed E-state index contributed by atoms with van der Waals surface area (Å²) in [4.78, 5) is 2.02. The van der Waals surface area contributed by atoms with Crippen molar-refractivity contribution >= 4 is 21.6 Å². The van der Waals surface area contributed by atoms with E-state index < -0.39 is 0 Å². The number of hydrogen-bond acceptors (Lipinski definition) is 1. The number of halogens is 2. The average Bonchev–Trinajstić information content (AvgIpc) is 2.14. The summed E-state index contributed by atoms with van der Waals surface area (Å²) in [6.07, 6.45) is 1.95. The maximum Gasteiger partial charge on any atom is 0.123 e. The Hall–Kier alpha value is -0.570. The van der Waals surface area contributed by atoms with Crippen LogP contribution in [0.2, 0.25) is 0 Å². The van der Waals surface area contributed by atoms with Crippen molar-refractivity contribution in [2.24, 2.45) is 0 Å². The van der Waals surface area contributed by atoms with E-state index in [2.05, 4.69) is 15.9 Å². The summed E-state index contributed by atoms with van der Waals surface area (Å²) >= 11 is 3.38. The molecule has 0 saturated carbocycles. The van der Waals surface area contributed by atoms with Crippen molar-refractivity contribution in [3.05, 3.63) is 29.6 Å². The van der Waals surface area contributed by atoms with Gasteiger partial charge in [-0.2, -0.15) is 0 Å². The highest BCUT2D eigenvalue weighted by Crippen LogP contribution is 2.21. The van der Waals surface area contributed by atoms with E-state index in [1.54, 1.807) is 6.07 Å². The van der Waals surface area contributed by atoms with Crippen molar-refractivity contribution in [3.63, 3.8) is 0 Å². The molecule has 1 aromatic rings. The monoisotopic (exact) mass is 259 g/mol. The molecular formula is C11H15BrFN. The molecule has 0 amide bonds. The van der Waals surface area contributed by atoms with Gasteiger partial charge in [-0.15, -0.1) is 0 Å². The van der Waals surface area contributed by atoms with Crippen LogP contribution in [0.25, 0.3) is 0 Å². The molecule has 0 aliphatic heterocycles. The Kier molecular flexibility index (Phi) is 4.39. The SMILES string of the molecule is CN(C)c1ccc(F)cc1CCCBr. The van der Waals surface area contributed by atoms with E-state index in [0.29, 0.717) is 0 Å². The second kappa shape index (κ2) is 5.35. The largest absolute Gasteiger partial charge is 0.377 e. The number of rotatable bonds is 4. The van der Waals surface area contributed by atoms with Crippen LogP contribution in [0.4, 0.5) is 10.1 Å². The predicted molar refractivity (Wildman–Crippen MR) is 62.8 cm³/mol. The van der Waals surface area contributed by atoms with Crippen molar-refractivity contribution in [2.45, 2.75) is 12.8 Å². The van der Waals surface area contributed by atoms with Gasteiger partial charge in [0.05, 0.1) is 0 Å². The Morgan fingerprint density at radius 1 is 1.36 bits per heavy atom.